The summed E-state index contributed by atoms with van der Waals surface area (Å²) < 4.78 is 0. The van der Waals surface area contributed by atoms with E-state index in [9.17, 15) is 9.59 Å². The van der Waals surface area contributed by atoms with Gasteiger partial charge in [-0.05, 0) is 50.4 Å². The SMILES string of the molecule is CC(C)(C)C(=O)Nc1ccccc1C(=O)NCCC1CCCNC1. The summed E-state index contributed by atoms with van der Waals surface area (Å²) in [5, 5.41) is 9.23. The fourth-order valence-corrected chi connectivity index (χ4v) is 2.76. The lowest BCUT2D eigenvalue weighted by molar-refractivity contribution is -0.123. The zero-order valence-electron chi connectivity index (χ0n) is 14.9. The van der Waals surface area contributed by atoms with Crippen LogP contribution in [0, 0.1) is 11.3 Å². The van der Waals surface area contributed by atoms with Gasteiger partial charge in [0.05, 0.1) is 11.3 Å². The summed E-state index contributed by atoms with van der Waals surface area (Å²) in [6.07, 6.45) is 3.41. The van der Waals surface area contributed by atoms with E-state index in [1.807, 2.05) is 32.9 Å². The number of hydrogen-bond acceptors (Lipinski definition) is 3. The molecule has 0 aliphatic carbocycles. The molecular formula is C19H29N3O2. The van der Waals surface area contributed by atoms with Gasteiger partial charge in [-0.25, -0.2) is 0 Å². The van der Waals surface area contributed by atoms with Crippen LogP contribution in [0.1, 0.15) is 50.4 Å². The van der Waals surface area contributed by atoms with Gasteiger partial charge < -0.3 is 16.0 Å². The topological polar surface area (TPSA) is 70.2 Å². The molecule has 2 amide bonds. The Labute approximate surface area is 144 Å². The van der Waals surface area contributed by atoms with Gasteiger partial charge in [0, 0.05) is 12.0 Å². The van der Waals surface area contributed by atoms with E-state index in [4.69, 9.17) is 0 Å². The first kappa shape index (κ1) is 18.5. The van der Waals surface area contributed by atoms with Crippen LogP contribution < -0.4 is 16.0 Å². The van der Waals surface area contributed by atoms with Crippen molar-refractivity contribution in [2.45, 2.75) is 40.0 Å². The Morgan fingerprint density at radius 2 is 2.00 bits per heavy atom. The molecule has 1 aliphatic rings. The molecule has 0 aromatic heterocycles. The van der Waals surface area contributed by atoms with Crippen LogP contribution in [0.5, 0.6) is 0 Å². The molecule has 1 unspecified atom stereocenters. The molecule has 1 saturated heterocycles. The number of amides is 2. The van der Waals surface area contributed by atoms with E-state index in [1.54, 1.807) is 12.1 Å². The summed E-state index contributed by atoms with van der Waals surface area (Å²) in [7, 11) is 0. The van der Waals surface area contributed by atoms with Gasteiger partial charge in [0.25, 0.3) is 5.91 Å². The molecule has 24 heavy (non-hydrogen) atoms. The second-order valence-corrected chi connectivity index (χ2v) is 7.51. The third-order valence-electron chi connectivity index (χ3n) is 4.34. The minimum atomic E-state index is -0.502. The molecule has 0 spiro atoms. The second kappa shape index (κ2) is 8.29. The van der Waals surface area contributed by atoms with Crippen LogP contribution in [0.3, 0.4) is 0 Å². The molecule has 1 aromatic rings. The predicted molar refractivity (Wildman–Crippen MR) is 97.1 cm³/mol. The fraction of sp³-hybridized carbons (Fsp3) is 0.579. The first-order valence-electron chi connectivity index (χ1n) is 8.77. The van der Waals surface area contributed by atoms with Crippen molar-refractivity contribution in [3.05, 3.63) is 29.8 Å². The summed E-state index contributed by atoms with van der Waals surface area (Å²) in [4.78, 5) is 24.6. The Morgan fingerprint density at radius 3 is 2.67 bits per heavy atom. The highest BCUT2D eigenvalue weighted by Gasteiger charge is 2.23. The molecule has 1 fully saturated rings. The summed E-state index contributed by atoms with van der Waals surface area (Å²) in [6.45, 7) is 8.35. The van der Waals surface area contributed by atoms with E-state index in [-0.39, 0.29) is 11.8 Å². The number of piperidine rings is 1. The quantitative estimate of drug-likeness (QED) is 0.777. The van der Waals surface area contributed by atoms with Gasteiger partial charge in [-0.2, -0.15) is 0 Å². The van der Waals surface area contributed by atoms with Crippen molar-refractivity contribution in [1.82, 2.24) is 10.6 Å². The molecule has 2 rings (SSSR count). The summed E-state index contributed by atoms with van der Waals surface area (Å²) >= 11 is 0. The third-order valence-corrected chi connectivity index (χ3v) is 4.34. The Morgan fingerprint density at radius 1 is 1.25 bits per heavy atom. The van der Waals surface area contributed by atoms with Crippen LogP contribution >= 0.6 is 0 Å². The predicted octanol–water partition coefficient (Wildman–Crippen LogP) is 2.79. The summed E-state index contributed by atoms with van der Waals surface area (Å²) in [5.41, 5.74) is 0.573. The van der Waals surface area contributed by atoms with Crippen molar-refractivity contribution in [3.8, 4) is 0 Å². The minimum Gasteiger partial charge on any atom is -0.352 e. The Bertz CT molecular complexity index is 572. The molecule has 0 radical (unpaired) electrons. The van der Waals surface area contributed by atoms with Gasteiger partial charge >= 0.3 is 0 Å². The van der Waals surface area contributed by atoms with Crippen molar-refractivity contribution in [2.75, 3.05) is 25.0 Å². The number of nitrogens with one attached hydrogen (secondary N) is 3. The molecule has 1 aliphatic heterocycles. The van der Waals surface area contributed by atoms with Gasteiger partial charge in [-0.3, -0.25) is 9.59 Å². The number of benzene rings is 1. The van der Waals surface area contributed by atoms with Crippen LogP contribution in [-0.4, -0.2) is 31.4 Å². The molecule has 3 N–H and O–H groups in total. The highest BCUT2D eigenvalue weighted by atomic mass is 16.2. The minimum absolute atomic E-state index is 0.101. The first-order chi connectivity index (χ1) is 11.4. The van der Waals surface area contributed by atoms with E-state index >= 15 is 0 Å². The average molecular weight is 331 g/mol. The lowest BCUT2D eigenvalue weighted by Gasteiger charge is -2.23. The van der Waals surface area contributed by atoms with E-state index in [0.717, 1.165) is 19.5 Å². The monoisotopic (exact) mass is 331 g/mol. The zero-order chi connectivity index (χ0) is 17.6. The van der Waals surface area contributed by atoms with Crippen LogP contribution in [0.25, 0.3) is 0 Å². The maximum atomic E-state index is 12.5. The number of hydrogen-bond donors (Lipinski definition) is 3. The van der Waals surface area contributed by atoms with E-state index in [0.29, 0.717) is 23.7 Å². The number of para-hydroxylation sites is 1. The van der Waals surface area contributed by atoms with Crippen LogP contribution in [-0.2, 0) is 4.79 Å². The Balaban J connectivity index is 1.92. The highest BCUT2D eigenvalue weighted by molar-refractivity contribution is 6.04. The molecule has 0 saturated carbocycles. The van der Waals surface area contributed by atoms with Crippen molar-refractivity contribution >= 4 is 17.5 Å². The van der Waals surface area contributed by atoms with E-state index in [2.05, 4.69) is 16.0 Å². The van der Waals surface area contributed by atoms with Gasteiger partial charge in [0.15, 0.2) is 0 Å². The first-order valence-corrected chi connectivity index (χ1v) is 8.77. The molecule has 5 heteroatoms. The van der Waals surface area contributed by atoms with Crippen LogP contribution in [0.4, 0.5) is 5.69 Å². The number of anilines is 1. The maximum absolute atomic E-state index is 12.5. The third kappa shape index (κ3) is 5.34. The molecular weight excluding hydrogens is 302 g/mol. The van der Waals surface area contributed by atoms with Crippen molar-refractivity contribution in [2.24, 2.45) is 11.3 Å². The van der Waals surface area contributed by atoms with Gasteiger partial charge in [-0.15, -0.1) is 0 Å². The zero-order valence-corrected chi connectivity index (χ0v) is 14.9. The highest BCUT2D eigenvalue weighted by Crippen LogP contribution is 2.20. The van der Waals surface area contributed by atoms with Gasteiger partial charge in [0.2, 0.25) is 5.91 Å². The Hall–Kier alpha value is -1.88. The summed E-state index contributed by atoms with van der Waals surface area (Å²) in [6, 6.07) is 7.15. The van der Waals surface area contributed by atoms with Gasteiger partial charge in [-0.1, -0.05) is 32.9 Å². The molecule has 1 aromatic carbocycles. The number of carbonyl (C=O) groups excluding carboxylic acids is 2. The number of rotatable bonds is 5. The second-order valence-electron chi connectivity index (χ2n) is 7.51. The maximum Gasteiger partial charge on any atom is 0.253 e. The van der Waals surface area contributed by atoms with Gasteiger partial charge in [0.1, 0.15) is 0 Å². The summed E-state index contributed by atoms with van der Waals surface area (Å²) in [5.74, 6) is 0.398. The lowest BCUT2D eigenvalue weighted by Crippen LogP contribution is -2.33. The van der Waals surface area contributed by atoms with Crippen molar-refractivity contribution in [3.63, 3.8) is 0 Å². The Kier molecular flexibility index (Phi) is 6.37. The molecule has 1 atom stereocenters. The molecule has 0 bridgehead atoms. The molecule has 132 valence electrons. The average Bonchev–Trinajstić information content (AvgIpc) is 2.55. The lowest BCUT2D eigenvalue weighted by atomic mass is 9.95. The standard InChI is InChI=1S/C19H29N3O2/c1-19(2,3)18(24)22-16-9-5-4-8-15(16)17(23)21-12-10-14-7-6-11-20-13-14/h4-5,8-9,14,20H,6-7,10-13H2,1-3H3,(H,21,23)(H,22,24). The van der Waals surface area contributed by atoms with Crippen LogP contribution in [0.2, 0.25) is 0 Å². The van der Waals surface area contributed by atoms with Crippen molar-refractivity contribution < 1.29 is 9.59 Å². The largest absolute Gasteiger partial charge is 0.352 e. The fourth-order valence-electron chi connectivity index (χ4n) is 2.76. The normalized spacial score (nSPS) is 18.0. The van der Waals surface area contributed by atoms with E-state index in [1.165, 1.54) is 12.8 Å². The van der Waals surface area contributed by atoms with Crippen LogP contribution in [0.15, 0.2) is 24.3 Å². The van der Waals surface area contributed by atoms with Crippen molar-refractivity contribution in [1.29, 1.82) is 0 Å². The molecule has 5 nitrogen and oxygen atoms in total. The molecule has 1 heterocycles. The number of carbonyl (C=O) groups is 2. The smallest absolute Gasteiger partial charge is 0.253 e. The van der Waals surface area contributed by atoms with E-state index < -0.39 is 5.41 Å².